The Bertz CT molecular complexity index is 109. The summed E-state index contributed by atoms with van der Waals surface area (Å²) in [4.78, 5) is 0. The van der Waals surface area contributed by atoms with Crippen molar-refractivity contribution >= 4 is 12.4 Å². The van der Waals surface area contributed by atoms with Crippen LogP contribution in [0.1, 0.15) is 19.3 Å². The second kappa shape index (κ2) is 4.29. The maximum atomic E-state index is 5.60. The van der Waals surface area contributed by atoms with Crippen molar-refractivity contribution in [1.82, 2.24) is 5.32 Å². The van der Waals surface area contributed by atoms with Crippen molar-refractivity contribution in [1.29, 1.82) is 0 Å². The van der Waals surface area contributed by atoms with E-state index in [1.54, 1.807) is 0 Å². The van der Waals surface area contributed by atoms with Gasteiger partial charge in [0.15, 0.2) is 0 Å². The standard InChI is InChI=1S/C8H15NO.ClH/c1-2-8-7(3-5-10-8)6-9-4-1;/h7-9H,1-6H2;1H. The molecule has 2 heterocycles. The first-order valence-electron chi connectivity index (χ1n) is 4.29. The van der Waals surface area contributed by atoms with Crippen molar-refractivity contribution in [3.8, 4) is 0 Å². The first kappa shape index (κ1) is 9.30. The number of nitrogens with one attached hydrogen (secondary N) is 1. The predicted octanol–water partition coefficient (Wildman–Crippen LogP) is 1.20. The Hall–Kier alpha value is 0.210. The van der Waals surface area contributed by atoms with E-state index in [0.717, 1.165) is 12.5 Å². The Labute approximate surface area is 74.1 Å². The number of hydrogen-bond acceptors (Lipinski definition) is 2. The highest BCUT2D eigenvalue weighted by Crippen LogP contribution is 2.25. The molecule has 1 N–H and O–H groups in total. The Morgan fingerprint density at radius 3 is 3.09 bits per heavy atom. The summed E-state index contributed by atoms with van der Waals surface area (Å²) in [6, 6.07) is 0. The number of rotatable bonds is 0. The first-order chi connectivity index (χ1) is 4.97. The molecule has 0 aromatic rings. The van der Waals surface area contributed by atoms with Crippen molar-refractivity contribution < 1.29 is 4.74 Å². The normalized spacial score (nSPS) is 37.1. The molecule has 3 heteroatoms. The highest BCUT2D eigenvalue weighted by Gasteiger charge is 2.28. The molecule has 0 radical (unpaired) electrons. The van der Waals surface area contributed by atoms with Gasteiger partial charge in [0.2, 0.25) is 0 Å². The van der Waals surface area contributed by atoms with Crippen LogP contribution in [0.15, 0.2) is 0 Å². The summed E-state index contributed by atoms with van der Waals surface area (Å²) in [7, 11) is 0. The summed E-state index contributed by atoms with van der Waals surface area (Å²) in [5.74, 6) is 0.822. The average molecular weight is 178 g/mol. The van der Waals surface area contributed by atoms with E-state index >= 15 is 0 Å². The van der Waals surface area contributed by atoms with Gasteiger partial charge in [0.25, 0.3) is 0 Å². The molecule has 2 rings (SSSR count). The van der Waals surface area contributed by atoms with Gasteiger partial charge in [-0.25, -0.2) is 0 Å². The molecular weight excluding hydrogens is 162 g/mol. The van der Waals surface area contributed by atoms with Gasteiger partial charge >= 0.3 is 0 Å². The molecule has 2 unspecified atom stereocenters. The van der Waals surface area contributed by atoms with Crippen LogP contribution >= 0.6 is 12.4 Å². The molecule has 0 aromatic heterocycles. The molecule has 0 aliphatic carbocycles. The van der Waals surface area contributed by atoms with E-state index in [1.165, 1.54) is 32.4 Å². The van der Waals surface area contributed by atoms with E-state index in [0.29, 0.717) is 6.10 Å². The summed E-state index contributed by atoms with van der Waals surface area (Å²) < 4.78 is 5.60. The molecule has 0 bridgehead atoms. The Balaban J connectivity index is 0.000000605. The van der Waals surface area contributed by atoms with Gasteiger partial charge in [0.1, 0.15) is 0 Å². The second-order valence-electron chi connectivity index (χ2n) is 3.30. The lowest BCUT2D eigenvalue weighted by Gasteiger charge is -2.12. The van der Waals surface area contributed by atoms with Crippen molar-refractivity contribution in [2.75, 3.05) is 19.7 Å². The van der Waals surface area contributed by atoms with Gasteiger partial charge in [-0.15, -0.1) is 12.4 Å². The van der Waals surface area contributed by atoms with Gasteiger partial charge in [-0.1, -0.05) is 0 Å². The van der Waals surface area contributed by atoms with Crippen LogP contribution in [0.25, 0.3) is 0 Å². The topological polar surface area (TPSA) is 21.3 Å². The van der Waals surface area contributed by atoms with E-state index in [2.05, 4.69) is 5.32 Å². The average Bonchev–Trinajstić information content (AvgIpc) is 2.28. The van der Waals surface area contributed by atoms with E-state index in [9.17, 15) is 0 Å². The number of ether oxygens (including phenoxy) is 1. The van der Waals surface area contributed by atoms with Crippen molar-refractivity contribution in [2.45, 2.75) is 25.4 Å². The van der Waals surface area contributed by atoms with Crippen LogP contribution in [0, 0.1) is 5.92 Å². The quantitative estimate of drug-likeness (QED) is 0.601. The minimum absolute atomic E-state index is 0. The zero-order valence-corrected chi connectivity index (χ0v) is 7.53. The lowest BCUT2D eigenvalue weighted by Crippen LogP contribution is -2.24. The predicted molar refractivity (Wildman–Crippen MR) is 47.2 cm³/mol. The third-order valence-corrected chi connectivity index (χ3v) is 2.60. The summed E-state index contributed by atoms with van der Waals surface area (Å²) in [6.07, 6.45) is 4.44. The number of fused-ring (bicyclic) bond motifs is 1. The van der Waals surface area contributed by atoms with E-state index in [-0.39, 0.29) is 12.4 Å². The Kier molecular flexibility index (Phi) is 3.63. The van der Waals surface area contributed by atoms with Crippen LogP contribution in [0.4, 0.5) is 0 Å². The second-order valence-corrected chi connectivity index (χ2v) is 3.30. The van der Waals surface area contributed by atoms with Gasteiger partial charge < -0.3 is 10.1 Å². The summed E-state index contributed by atoms with van der Waals surface area (Å²) >= 11 is 0. The van der Waals surface area contributed by atoms with E-state index < -0.39 is 0 Å². The van der Waals surface area contributed by atoms with Gasteiger partial charge in [-0.2, -0.15) is 0 Å². The molecule has 0 spiro atoms. The highest BCUT2D eigenvalue weighted by atomic mass is 35.5. The summed E-state index contributed by atoms with van der Waals surface area (Å²) in [5.41, 5.74) is 0. The monoisotopic (exact) mass is 177 g/mol. The van der Waals surface area contributed by atoms with Gasteiger partial charge in [0, 0.05) is 13.2 Å². The van der Waals surface area contributed by atoms with Crippen LogP contribution in [-0.2, 0) is 4.74 Å². The molecule has 0 saturated carbocycles. The molecule has 2 saturated heterocycles. The van der Waals surface area contributed by atoms with Crippen LogP contribution in [-0.4, -0.2) is 25.8 Å². The van der Waals surface area contributed by atoms with Crippen LogP contribution < -0.4 is 5.32 Å². The SMILES string of the molecule is C1CNCC2CCOC2C1.Cl. The van der Waals surface area contributed by atoms with Crippen molar-refractivity contribution in [3.63, 3.8) is 0 Å². The third kappa shape index (κ3) is 2.08. The molecule has 0 amide bonds. The van der Waals surface area contributed by atoms with Crippen LogP contribution in [0.2, 0.25) is 0 Å². The minimum atomic E-state index is 0. The van der Waals surface area contributed by atoms with Gasteiger partial charge in [-0.05, 0) is 31.7 Å². The smallest absolute Gasteiger partial charge is 0.0616 e. The molecule has 2 aliphatic rings. The zero-order valence-electron chi connectivity index (χ0n) is 6.71. The number of halogens is 1. The maximum absolute atomic E-state index is 5.60. The summed E-state index contributed by atoms with van der Waals surface area (Å²) in [6.45, 7) is 3.37. The molecule has 2 aliphatic heterocycles. The minimum Gasteiger partial charge on any atom is -0.378 e. The molecule has 2 atom stereocenters. The molecular formula is C8H16ClNO. The maximum Gasteiger partial charge on any atom is 0.0616 e. The molecule has 2 nitrogen and oxygen atoms in total. The Morgan fingerprint density at radius 1 is 1.27 bits per heavy atom. The van der Waals surface area contributed by atoms with E-state index in [1.807, 2.05) is 0 Å². The van der Waals surface area contributed by atoms with Gasteiger partial charge in [-0.3, -0.25) is 0 Å². The van der Waals surface area contributed by atoms with Crippen molar-refractivity contribution in [3.05, 3.63) is 0 Å². The molecule has 66 valence electrons. The van der Waals surface area contributed by atoms with Crippen molar-refractivity contribution in [2.24, 2.45) is 5.92 Å². The summed E-state index contributed by atoms with van der Waals surface area (Å²) in [5, 5.41) is 3.44. The highest BCUT2D eigenvalue weighted by molar-refractivity contribution is 5.85. The van der Waals surface area contributed by atoms with E-state index in [4.69, 9.17) is 4.74 Å². The lowest BCUT2D eigenvalue weighted by atomic mass is 10.00. The Morgan fingerprint density at radius 2 is 2.18 bits per heavy atom. The van der Waals surface area contributed by atoms with Crippen LogP contribution in [0.5, 0.6) is 0 Å². The number of hydrogen-bond donors (Lipinski definition) is 1. The van der Waals surface area contributed by atoms with Gasteiger partial charge in [0.05, 0.1) is 6.10 Å². The fourth-order valence-corrected chi connectivity index (χ4v) is 1.96. The molecule has 11 heavy (non-hydrogen) atoms. The molecule has 2 fully saturated rings. The fraction of sp³-hybridized carbons (Fsp3) is 1.00. The zero-order chi connectivity index (χ0) is 6.81. The lowest BCUT2D eigenvalue weighted by molar-refractivity contribution is 0.0877. The molecule has 0 aromatic carbocycles. The largest absolute Gasteiger partial charge is 0.378 e. The fourth-order valence-electron chi connectivity index (χ4n) is 1.96. The van der Waals surface area contributed by atoms with Crippen LogP contribution in [0.3, 0.4) is 0 Å². The third-order valence-electron chi connectivity index (χ3n) is 2.60. The first-order valence-corrected chi connectivity index (χ1v) is 4.29.